The topological polar surface area (TPSA) is 67.4 Å². The number of benzene rings is 1. The van der Waals surface area contributed by atoms with Gasteiger partial charge in [-0.1, -0.05) is 12.1 Å². The van der Waals surface area contributed by atoms with E-state index in [1.807, 2.05) is 6.07 Å². The third-order valence-corrected chi connectivity index (χ3v) is 2.78. The Bertz CT molecular complexity index is 525. The van der Waals surface area contributed by atoms with Gasteiger partial charge in [0.1, 0.15) is 5.75 Å². The van der Waals surface area contributed by atoms with Gasteiger partial charge in [-0.15, -0.1) is 6.58 Å². The van der Waals surface area contributed by atoms with Gasteiger partial charge in [0.05, 0.1) is 12.1 Å². The lowest BCUT2D eigenvalue weighted by Gasteiger charge is -2.23. The van der Waals surface area contributed by atoms with Crippen LogP contribution in [-0.4, -0.2) is 24.5 Å². The van der Waals surface area contributed by atoms with Crippen LogP contribution in [-0.2, 0) is 16.0 Å². The lowest BCUT2D eigenvalue weighted by molar-refractivity contribution is -0.122. The molecule has 2 rings (SSSR count). The number of fused-ring (bicyclic) bond motifs is 1. The van der Waals surface area contributed by atoms with Gasteiger partial charge in [0.2, 0.25) is 5.91 Å². The summed E-state index contributed by atoms with van der Waals surface area (Å²) in [4.78, 5) is 23.1. The average molecular weight is 260 g/mol. The van der Waals surface area contributed by atoms with Gasteiger partial charge in [-0.25, -0.2) is 0 Å². The predicted molar refractivity (Wildman–Crippen MR) is 72.1 cm³/mol. The van der Waals surface area contributed by atoms with Crippen LogP contribution >= 0.6 is 0 Å². The minimum atomic E-state index is -0.491. The van der Waals surface area contributed by atoms with Crippen LogP contribution in [0.5, 0.6) is 5.75 Å². The van der Waals surface area contributed by atoms with E-state index >= 15 is 0 Å². The molecule has 1 aliphatic rings. The largest absolute Gasteiger partial charge is 0.479 e. The van der Waals surface area contributed by atoms with Gasteiger partial charge in [0.15, 0.2) is 6.10 Å². The summed E-state index contributed by atoms with van der Waals surface area (Å²) in [5.41, 5.74) is 1.43. The highest BCUT2D eigenvalue weighted by Crippen LogP contribution is 2.30. The molecular formula is C14H16N2O3. The standard InChI is InChI=1S/C14H16N2O3/c1-3-6-15-13(17)8-10-4-5-12-11(7-10)16-14(18)9(2)19-12/h3-5,7,9H,1,6,8H2,2H3,(H,15,17)(H,16,18). The lowest BCUT2D eigenvalue weighted by Crippen LogP contribution is -2.34. The Morgan fingerprint density at radius 1 is 1.58 bits per heavy atom. The number of amides is 2. The number of rotatable bonds is 4. The summed E-state index contributed by atoms with van der Waals surface area (Å²) < 4.78 is 5.44. The van der Waals surface area contributed by atoms with Crippen molar-refractivity contribution in [2.45, 2.75) is 19.4 Å². The zero-order chi connectivity index (χ0) is 13.8. The Labute approximate surface area is 111 Å². The smallest absolute Gasteiger partial charge is 0.265 e. The van der Waals surface area contributed by atoms with Crippen molar-refractivity contribution in [2.24, 2.45) is 0 Å². The van der Waals surface area contributed by atoms with Crippen molar-refractivity contribution in [3.63, 3.8) is 0 Å². The number of ether oxygens (including phenoxy) is 1. The summed E-state index contributed by atoms with van der Waals surface area (Å²) in [6.07, 6.45) is 1.39. The molecule has 1 unspecified atom stereocenters. The molecule has 1 aromatic rings. The van der Waals surface area contributed by atoms with Crippen LogP contribution in [0.15, 0.2) is 30.9 Å². The molecule has 2 N–H and O–H groups in total. The van der Waals surface area contributed by atoms with E-state index in [1.54, 1.807) is 25.1 Å². The first-order valence-corrected chi connectivity index (χ1v) is 6.08. The van der Waals surface area contributed by atoms with Crippen LogP contribution in [0, 0.1) is 0 Å². The Morgan fingerprint density at radius 2 is 2.37 bits per heavy atom. The van der Waals surface area contributed by atoms with Crippen LogP contribution in [0.25, 0.3) is 0 Å². The number of nitrogens with one attached hydrogen (secondary N) is 2. The molecule has 0 radical (unpaired) electrons. The molecule has 0 saturated carbocycles. The van der Waals surface area contributed by atoms with Gasteiger partial charge < -0.3 is 15.4 Å². The Hall–Kier alpha value is -2.30. The van der Waals surface area contributed by atoms with E-state index in [2.05, 4.69) is 17.2 Å². The van der Waals surface area contributed by atoms with Crippen molar-refractivity contribution in [1.29, 1.82) is 0 Å². The number of carbonyl (C=O) groups is 2. The van der Waals surface area contributed by atoms with Gasteiger partial charge in [0, 0.05) is 6.54 Å². The van der Waals surface area contributed by atoms with Gasteiger partial charge >= 0.3 is 0 Å². The summed E-state index contributed by atoms with van der Waals surface area (Å²) in [5.74, 6) is 0.361. The van der Waals surface area contributed by atoms with Crippen LogP contribution in [0.1, 0.15) is 12.5 Å². The maximum Gasteiger partial charge on any atom is 0.265 e. The van der Waals surface area contributed by atoms with Gasteiger partial charge in [-0.3, -0.25) is 9.59 Å². The molecule has 1 heterocycles. The van der Waals surface area contributed by atoms with Crippen LogP contribution in [0.2, 0.25) is 0 Å². The molecule has 5 heteroatoms. The van der Waals surface area contributed by atoms with Crippen molar-refractivity contribution in [3.8, 4) is 5.75 Å². The Kier molecular flexibility index (Phi) is 3.85. The fourth-order valence-corrected chi connectivity index (χ4v) is 1.80. The minimum Gasteiger partial charge on any atom is -0.479 e. The van der Waals surface area contributed by atoms with Crippen LogP contribution in [0.4, 0.5) is 5.69 Å². The minimum absolute atomic E-state index is 0.0868. The molecule has 0 aromatic heterocycles. The monoisotopic (exact) mass is 260 g/mol. The number of hydrogen-bond acceptors (Lipinski definition) is 3. The van der Waals surface area contributed by atoms with Crippen molar-refractivity contribution in [2.75, 3.05) is 11.9 Å². The highest BCUT2D eigenvalue weighted by Gasteiger charge is 2.23. The van der Waals surface area contributed by atoms with E-state index in [1.165, 1.54) is 0 Å². The summed E-state index contributed by atoms with van der Waals surface area (Å²) >= 11 is 0. The second kappa shape index (κ2) is 5.56. The van der Waals surface area contributed by atoms with Crippen LogP contribution < -0.4 is 15.4 Å². The summed E-state index contributed by atoms with van der Waals surface area (Å²) in [6.45, 7) is 5.67. The average Bonchev–Trinajstić information content (AvgIpc) is 2.38. The van der Waals surface area contributed by atoms with E-state index < -0.39 is 6.10 Å². The first-order chi connectivity index (χ1) is 9.10. The molecule has 2 amide bonds. The molecular weight excluding hydrogens is 244 g/mol. The quantitative estimate of drug-likeness (QED) is 0.801. The lowest BCUT2D eigenvalue weighted by atomic mass is 10.1. The summed E-state index contributed by atoms with van der Waals surface area (Å²) in [5, 5.41) is 5.46. The maximum absolute atomic E-state index is 11.6. The molecule has 0 aliphatic carbocycles. The van der Waals surface area contributed by atoms with Crippen LogP contribution in [0.3, 0.4) is 0 Å². The van der Waals surface area contributed by atoms with E-state index in [9.17, 15) is 9.59 Å². The van der Waals surface area contributed by atoms with Crippen molar-refractivity contribution >= 4 is 17.5 Å². The van der Waals surface area contributed by atoms with Gasteiger partial charge in [-0.2, -0.15) is 0 Å². The molecule has 1 aliphatic heterocycles. The fraction of sp³-hybridized carbons (Fsp3) is 0.286. The molecule has 0 saturated heterocycles. The first-order valence-electron chi connectivity index (χ1n) is 6.08. The van der Waals surface area contributed by atoms with Crippen molar-refractivity contribution in [1.82, 2.24) is 5.32 Å². The maximum atomic E-state index is 11.6. The summed E-state index contributed by atoms with van der Waals surface area (Å²) in [7, 11) is 0. The van der Waals surface area contributed by atoms with Gasteiger partial charge in [-0.05, 0) is 24.6 Å². The molecule has 1 aromatic carbocycles. The highest BCUT2D eigenvalue weighted by atomic mass is 16.5. The Morgan fingerprint density at radius 3 is 3.11 bits per heavy atom. The van der Waals surface area contributed by atoms with E-state index in [4.69, 9.17) is 4.74 Å². The zero-order valence-electron chi connectivity index (χ0n) is 10.7. The van der Waals surface area contributed by atoms with Crippen molar-refractivity contribution < 1.29 is 14.3 Å². The molecule has 19 heavy (non-hydrogen) atoms. The third kappa shape index (κ3) is 3.13. The SMILES string of the molecule is C=CCNC(=O)Cc1ccc2c(c1)NC(=O)C(C)O2. The molecule has 0 bridgehead atoms. The number of anilines is 1. The normalized spacial score (nSPS) is 16.9. The van der Waals surface area contributed by atoms with E-state index in [0.29, 0.717) is 18.0 Å². The first kappa shape index (κ1) is 13.1. The number of hydrogen-bond donors (Lipinski definition) is 2. The van der Waals surface area contributed by atoms with E-state index in [0.717, 1.165) is 5.56 Å². The highest BCUT2D eigenvalue weighted by molar-refractivity contribution is 5.97. The molecule has 100 valence electrons. The Balaban J connectivity index is 2.09. The van der Waals surface area contributed by atoms with E-state index in [-0.39, 0.29) is 18.2 Å². The second-order valence-electron chi connectivity index (χ2n) is 4.35. The van der Waals surface area contributed by atoms with Gasteiger partial charge in [0.25, 0.3) is 5.91 Å². The predicted octanol–water partition coefficient (Wildman–Crippen LogP) is 1.25. The second-order valence-corrected chi connectivity index (χ2v) is 4.35. The third-order valence-electron chi connectivity index (χ3n) is 2.78. The fourth-order valence-electron chi connectivity index (χ4n) is 1.80. The molecule has 0 spiro atoms. The van der Waals surface area contributed by atoms with Crippen molar-refractivity contribution in [3.05, 3.63) is 36.4 Å². The molecule has 0 fully saturated rings. The number of carbonyl (C=O) groups excluding carboxylic acids is 2. The summed E-state index contributed by atoms with van der Waals surface area (Å²) in [6, 6.07) is 5.34. The molecule has 5 nitrogen and oxygen atoms in total. The zero-order valence-corrected chi connectivity index (χ0v) is 10.7. The molecule has 1 atom stereocenters.